The van der Waals surface area contributed by atoms with Crippen LogP contribution in [0, 0.1) is 6.92 Å². The van der Waals surface area contributed by atoms with E-state index in [9.17, 15) is 18.0 Å². The Morgan fingerprint density at radius 3 is 2.55 bits per heavy atom. The van der Waals surface area contributed by atoms with E-state index < -0.39 is 34.5 Å². The summed E-state index contributed by atoms with van der Waals surface area (Å²) in [6, 6.07) is 12.0. The van der Waals surface area contributed by atoms with E-state index in [1.54, 1.807) is 12.1 Å². The van der Waals surface area contributed by atoms with Crippen molar-refractivity contribution in [3.8, 4) is 0 Å². The van der Waals surface area contributed by atoms with Crippen LogP contribution in [0.4, 0.5) is 5.69 Å². The summed E-state index contributed by atoms with van der Waals surface area (Å²) in [5.74, 6) is -1.22. The highest BCUT2D eigenvalue weighted by molar-refractivity contribution is 7.89. The first-order valence-electron chi connectivity index (χ1n) is 9.08. The molecule has 0 bridgehead atoms. The quantitative estimate of drug-likeness (QED) is 0.702. The zero-order valence-electron chi connectivity index (χ0n) is 15.8. The van der Waals surface area contributed by atoms with E-state index in [1.807, 2.05) is 19.1 Å². The van der Waals surface area contributed by atoms with Crippen LogP contribution in [0.15, 0.2) is 53.4 Å². The number of aryl methyl sites for hydroxylation is 1. The lowest BCUT2D eigenvalue weighted by Gasteiger charge is -2.22. The molecule has 1 atom stereocenters. The van der Waals surface area contributed by atoms with Crippen LogP contribution >= 0.6 is 11.6 Å². The average Bonchev–Trinajstić information content (AvgIpc) is 3.19. The van der Waals surface area contributed by atoms with Gasteiger partial charge in [0.1, 0.15) is 6.04 Å². The second kappa shape index (κ2) is 8.94. The largest absolute Gasteiger partial charge is 0.454 e. The van der Waals surface area contributed by atoms with E-state index in [0.29, 0.717) is 23.6 Å². The molecule has 2 aromatic rings. The van der Waals surface area contributed by atoms with E-state index in [1.165, 1.54) is 24.3 Å². The first kappa shape index (κ1) is 21.3. The van der Waals surface area contributed by atoms with Crippen LogP contribution in [-0.2, 0) is 24.3 Å². The van der Waals surface area contributed by atoms with Gasteiger partial charge in [0, 0.05) is 17.3 Å². The van der Waals surface area contributed by atoms with Crippen molar-refractivity contribution < 1.29 is 22.7 Å². The number of amides is 1. The first-order chi connectivity index (χ1) is 13.8. The number of benzene rings is 2. The molecule has 1 saturated heterocycles. The van der Waals surface area contributed by atoms with Gasteiger partial charge < -0.3 is 10.1 Å². The molecular formula is C20H21ClN2O5S. The van der Waals surface area contributed by atoms with E-state index in [-0.39, 0.29) is 11.4 Å². The van der Waals surface area contributed by atoms with Gasteiger partial charge >= 0.3 is 5.97 Å². The van der Waals surface area contributed by atoms with Gasteiger partial charge in [0.2, 0.25) is 10.0 Å². The fourth-order valence-corrected chi connectivity index (χ4v) is 4.91. The van der Waals surface area contributed by atoms with Crippen molar-refractivity contribution in [1.82, 2.24) is 4.31 Å². The van der Waals surface area contributed by atoms with Gasteiger partial charge in [0.25, 0.3) is 5.91 Å². The molecule has 1 aliphatic rings. The van der Waals surface area contributed by atoms with Crippen molar-refractivity contribution in [2.45, 2.75) is 30.7 Å². The topological polar surface area (TPSA) is 92.8 Å². The lowest BCUT2D eigenvalue weighted by molar-refractivity contribution is -0.150. The SMILES string of the molecule is Cc1ccccc1NC(=O)COC(=O)[C@@H]1CCCN1S(=O)(=O)c1ccc(Cl)cc1. The van der Waals surface area contributed by atoms with Gasteiger partial charge in [-0.25, -0.2) is 8.42 Å². The van der Waals surface area contributed by atoms with Gasteiger partial charge in [-0.1, -0.05) is 29.8 Å². The molecule has 154 valence electrons. The Morgan fingerprint density at radius 1 is 1.17 bits per heavy atom. The number of esters is 1. The molecule has 0 spiro atoms. The zero-order chi connectivity index (χ0) is 21.0. The number of sulfonamides is 1. The van der Waals surface area contributed by atoms with E-state index in [2.05, 4.69) is 5.32 Å². The summed E-state index contributed by atoms with van der Waals surface area (Å²) in [5.41, 5.74) is 1.50. The van der Waals surface area contributed by atoms with Crippen LogP contribution in [0.2, 0.25) is 5.02 Å². The van der Waals surface area contributed by atoms with E-state index >= 15 is 0 Å². The molecule has 1 fully saturated rings. The predicted octanol–water partition coefficient (Wildman–Crippen LogP) is 2.98. The molecule has 1 amide bonds. The second-order valence-electron chi connectivity index (χ2n) is 6.70. The number of carbonyl (C=O) groups excluding carboxylic acids is 2. The Kier molecular flexibility index (Phi) is 6.56. The number of hydrogen-bond donors (Lipinski definition) is 1. The van der Waals surface area contributed by atoms with E-state index in [0.717, 1.165) is 9.87 Å². The third-order valence-corrected chi connectivity index (χ3v) is 6.84. The summed E-state index contributed by atoms with van der Waals surface area (Å²) in [5, 5.41) is 3.09. The molecule has 1 aliphatic heterocycles. The summed E-state index contributed by atoms with van der Waals surface area (Å²) >= 11 is 5.82. The molecule has 0 radical (unpaired) electrons. The minimum atomic E-state index is -3.87. The number of carbonyl (C=O) groups is 2. The van der Waals surface area contributed by atoms with Crippen molar-refractivity contribution in [2.24, 2.45) is 0 Å². The van der Waals surface area contributed by atoms with Crippen LogP contribution in [0.3, 0.4) is 0 Å². The minimum absolute atomic E-state index is 0.0545. The second-order valence-corrected chi connectivity index (χ2v) is 9.03. The van der Waals surface area contributed by atoms with Gasteiger partial charge in [-0.3, -0.25) is 9.59 Å². The van der Waals surface area contributed by atoms with Crippen LogP contribution in [0.1, 0.15) is 18.4 Å². The maximum absolute atomic E-state index is 12.9. The molecule has 2 aromatic carbocycles. The van der Waals surface area contributed by atoms with Crippen molar-refractivity contribution in [1.29, 1.82) is 0 Å². The molecule has 0 unspecified atom stereocenters. The van der Waals surface area contributed by atoms with Gasteiger partial charge in [-0.15, -0.1) is 0 Å². The average molecular weight is 437 g/mol. The number of nitrogens with zero attached hydrogens (tertiary/aromatic N) is 1. The molecule has 7 nitrogen and oxygen atoms in total. The van der Waals surface area contributed by atoms with Crippen molar-refractivity contribution in [3.05, 3.63) is 59.1 Å². The number of halogens is 1. The smallest absolute Gasteiger partial charge is 0.324 e. The molecule has 1 heterocycles. The zero-order valence-corrected chi connectivity index (χ0v) is 17.4. The first-order valence-corrected chi connectivity index (χ1v) is 10.9. The molecule has 1 N–H and O–H groups in total. The van der Waals surface area contributed by atoms with Gasteiger partial charge in [-0.05, 0) is 55.7 Å². The molecule has 0 saturated carbocycles. The van der Waals surface area contributed by atoms with Gasteiger partial charge in [-0.2, -0.15) is 4.31 Å². The standard InChI is InChI=1S/C20H21ClN2O5S/c1-14-5-2-3-6-17(14)22-19(24)13-28-20(25)18-7-4-12-23(18)29(26,27)16-10-8-15(21)9-11-16/h2-3,5-6,8-11,18H,4,7,12-13H2,1H3,(H,22,24)/t18-/m0/s1. The number of nitrogens with one attached hydrogen (secondary N) is 1. The van der Waals surface area contributed by atoms with Crippen molar-refractivity contribution >= 4 is 39.2 Å². The molecule has 0 aromatic heterocycles. The monoisotopic (exact) mass is 436 g/mol. The Labute approximate surface area is 174 Å². The van der Waals surface area contributed by atoms with Crippen LogP contribution < -0.4 is 5.32 Å². The molecular weight excluding hydrogens is 416 g/mol. The Balaban J connectivity index is 1.63. The van der Waals surface area contributed by atoms with Crippen LogP contribution in [-0.4, -0.2) is 43.8 Å². The highest BCUT2D eigenvalue weighted by Crippen LogP contribution is 2.27. The molecule has 3 rings (SSSR count). The highest BCUT2D eigenvalue weighted by atomic mass is 35.5. The Morgan fingerprint density at radius 2 is 1.86 bits per heavy atom. The predicted molar refractivity (Wildman–Crippen MR) is 109 cm³/mol. The van der Waals surface area contributed by atoms with E-state index in [4.69, 9.17) is 16.3 Å². The summed E-state index contributed by atoms with van der Waals surface area (Å²) in [6.45, 7) is 1.57. The van der Waals surface area contributed by atoms with Crippen molar-refractivity contribution in [3.63, 3.8) is 0 Å². The number of rotatable bonds is 6. The van der Waals surface area contributed by atoms with Gasteiger partial charge in [0.15, 0.2) is 6.61 Å². The maximum Gasteiger partial charge on any atom is 0.324 e. The summed E-state index contributed by atoms with van der Waals surface area (Å²) < 4.78 is 32.0. The normalized spacial score (nSPS) is 17.1. The summed E-state index contributed by atoms with van der Waals surface area (Å²) in [6.07, 6.45) is 0.868. The van der Waals surface area contributed by atoms with Crippen LogP contribution in [0.25, 0.3) is 0 Å². The fourth-order valence-electron chi connectivity index (χ4n) is 3.14. The number of ether oxygens (including phenoxy) is 1. The summed E-state index contributed by atoms with van der Waals surface area (Å²) in [4.78, 5) is 24.6. The third-order valence-electron chi connectivity index (χ3n) is 4.66. The van der Waals surface area contributed by atoms with Gasteiger partial charge in [0.05, 0.1) is 4.90 Å². The number of anilines is 1. The minimum Gasteiger partial charge on any atom is -0.454 e. The van der Waals surface area contributed by atoms with Crippen molar-refractivity contribution in [2.75, 3.05) is 18.5 Å². The number of para-hydroxylation sites is 1. The summed E-state index contributed by atoms with van der Waals surface area (Å²) in [7, 11) is -3.87. The van der Waals surface area contributed by atoms with Crippen LogP contribution in [0.5, 0.6) is 0 Å². The molecule has 9 heteroatoms. The Hall–Kier alpha value is -2.42. The molecule has 29 heavy (non-hydrogen) atoms. The third kappa shape index (κ3) is 4.95. The lowest BCUT2D eigenvalue weighted by atomic mass is 10.2. The number of hydrogen-bond acceptors (Lipinski definition) is 5. The maximum atomic E-state index is 12.9. The highest BCUT2D eigenvalue weighted by Gasteiger charge is 2.40. The Bertz CT molecular complexity index is 1010. The lowest BCUT2D eigenvalue weighted by Crippen LogP contribution is -2.42. The molecule has 0 aliphatic carbocycles. The fraction of sp³-hybridized carbons (Fsp3) is 0.300.